The van der Waals surface area contributed by atoms with Gasteiger partial charge in [-0.05, 0) is 55.2 Å². The molecule has 0 fully saturated rings. The van der Waals surface area contributed by atoms with E-state index in [4.69, 9.17) is 4.74 Å². The quantitative estimate of drug-likeness (QED) is 0.653. The van der Waals surface area contributed by atoms with Crippen molar-refractivity contribution in [1.82, 2.24) is 4.90 Å². The van der Waals surface area contributed by atoms with Gasteiger partial charge in [-0.1, -0.05) is 26.0 Å². The van der Waals surface area contributed by atoms with Crippen LogP contribution in [0.2, 0.25) is 0 Å². The van der Waals surface area contributed by atoms with Crippen molar-refractivity contribution >= 4 is 23.4 Å². The third-order valence-corrected chi connectivity index (χ3v) is 5.18. The number of nitrogens with zero attached hydrogens (tertiary/aromatic N) is 2. The molecule has 0 spiro atoms. The van der Waals surface area contributed by atoms with E-state index < -0.39 is 5.91 Å². The number of anilines is 1. The van der Waals surface area contributed by atoms with E-state index in [1.54, 1.807) is 30.2 Å². The minimum absolute atomic E-state index is 0.172. The molecular formula is C24H28N2O4. The number of amides is 3. The molecule has 0 unspecified atom stereocenters. The van der Waals surface area contributed by atoms with Crippen LogP contribution in [0.1, 0.15) is 56.0 Å². The van der Waals surface area contributed by atoms with Crippen LogP contribution in [0.4, 0.5) is 5.69 Å². The summed E-state index contributed by atoms with van der Waals surface area (Å²) in [4.78, 5) is 42.1. The number of hydrogen-bond donors (Lipinski definition) is 0. The first-order chi connectivity index (χ1) is 14.2. The molecule has 6 heteroatoms. The van der Waals surface area contributed by atoms with Crippen LogP contribution in [0.3, 0.4) is 0 Å². The second-order valence-electron chi connectivity index (χ2n) is 8.13. The van der Waals surface area contributed by atoms with Gasteiger partial charge >= 0.3 is 0 Å². The van der Waals surface area contributed by atoms with Crippen LogP contribution in [0.15, 0.2) is 36.4 Å². The van der Waals surface area contributed by atoms with Gasteiger partial charge in [0, 0.05) is 25.8 Å². The zero-order chi connectivity index (χ0) is 22.0. The normalized spacial score (nSPS) is 13.2. The van der Waals surface area contributed by atoms with Crippen LogP contribution in [0.5, 0.6) is 0 Å². The molecule has 158 valence electrons. The van der Waals surface area contributed by atoms with Gasteiger partial charge in [0.1, 0.15) is 0 Å². The van der Waals surface area contributed by atoms with Crippen molar-refractivity contribution in [3.63, 3.8) is 0 Å². The van der Waals surface area contributed by atoms with Crippen molar-refractivity contribution in [2.24, 2.45) is 5.92 Å². The Morgan fingerprint density at radius 2 is 1.73 bits per heavy atom. The molecule has 3 amide bonds. The van der Waals surface area contributed by atoms with Crippen molar-refractivity contribution in [2.45, 2.75) is 27.7 Å². The lowest BCUT2D eigenvalue weighted by Gasteiger charge is -2.24. The molecule has 3 rings (SSSR count). The summed E-state index contributed by atoms with van der Waals surface area (Å²) in [6.45, 7) is 9.35. The van der Waals surface area contributed by atoms with Gasteiger partial charge in [0.2, 0.25) is 0 Å². The van der Waals surface area contributed by atoms with E-state index in [1.807, 2.05) is 45.9 Å². The van der Waals surface area contributed by atoms with Crippen LogP contribution in [-0.4, -0.2) is 49.4 Å². The maximum atomic E-state index is 13.1. The second kappa shape index (κ2) is 8.79. The minimum atomic E-state index is -0.398. The first-order valence-electron chi connectivity index (χ1n) is 10.1. The standard InChI is InChI=1S/C24H28N2O4/c1-15(2)14-25(10-11-30-5)22(27)18-8-9-19-20(13-18)24(29)26(23(19)28)21-12-16(3)6-7-17(21)4/h6-9,12-13,15H,10-11,14H2,1-5H3. The molecule has 0 atom stereocenters. The molecule has 0 N–H and O–H groups in total. The number of benzene rings is 2. The number of hydrogen-bond acceptors (Lipinski definition) is 4. The van der Waals surface area contributed by atoms with Crippen molar-refractivity contribution < 1.29 is 19.1 Å². The fourth-order valence-corrected chi connectivity index (χ4v) is 3.65. The molecule has 2 aromatic rings. The first kappa shape index (κ1) is 21.7. The molecule has 0 aliphatic carbocycles. The predicted octanol–water partition coefficient (Wildman–Crippen LogP) is 3.85. The highest BCUT2D eigenvalue weighted by Gasteiger charge is 2.38. The third kappa shape index (κ3) is 4.14. The average molecular weight is 408 g/mol. The van der Waals surface area contributed by atoms with Crippen molar-refractivity contribution in [3.8, 4) is 0 Å². The summed E-state index contributed by atoms with van der Waals surface area (Å²) < 4.78 is 5.13. The van der Waals surface area contributed by atoms with Crippen LogP contribution < -0.4 is 4.90 Å². The maximum Gasteiger partial charge on any atom is 0.266 e. The molecule has 30 heavy (non-hydrogen) atoms. The lowest BCUT2D eigenvalue weighted by molar-refractivity contribution is 0.0672. The topological polar surface area (TPSA) is 66.9 Å². The summed E-state index contributed by atoms with van der Waals surface area (Å²) in [5, 5.41) is 0. The largest absolute Gasteiger partial charge is 0.383 e. The van der Waals surface area contributed by atoms with Crippen LogP contribution in [0, 0.1) is 19.8 Å². The molecule has 1 heterocycles. The summed E-state index contributed by atoms with van der Waals surface area (Å²) in [5.41, 5.74) is 3.37. The number of methoxy groups -OCH3 is 1. The average Bonchev–Trinajstić information content (AvgIpc) is 2.96. The summed E-state index contributed by atoms with van der Waals surface area (Å²) in [7, 11) is 1.60. The van der Waals surface area contributed by atoms with E-state index in [1.165, 1.54) is 4.90 Å². The highest BCUT2D eigenvalue weighted by molar-refractivity contribution is 6.35. The number of ether oxygens (including phenoxy) is 1. The van der Waals surface area contributed by atoms with Crippen LogP contribution >= 0.6 is 0 Å². The number of carbonyl (C=O) groups excluding carboxylic acids is 3. The Balaban J connectivity index is 1.94. The molecule has 0 saturated heterocycles. The second-order valence-corrected chi connectivity index (χ2v) is 8.13. The van der Waals surface area contributed by atoms with E-state index in [0.29, 0.717) is 42.4 Å². The smallest absolute Gasteiger partial charge is 0.266 e. The lowest BCUT2D eigenvalue weighted by atomic mass is 10.0. The van der Waals surface area contributed by atoms with Gasteiger partial charge in [0.25, 0.3) is 17.7 Å². The number of aryl methyl sites for hydroxylation is 2. The van der Waals surface area contributed by atoms with Gasteiger partial charge in [-0.25, -0.2) is 4.90 Å². The SMILES string of the molecule is COCCN(CC(C)C)C(=O)c1ccc2c(c1)C(=O)N(c1cc(C)ccc1C)C2=O. The molecular weight excluding hydrogens is 380 g/mol. The summed E-state index contributed by atoms with van der Waals surface area (Å²) in [6.07, 6.45) is 0. The van der Waals surface area contributed by atoms with Gasteiger partial charge in [-0.15, -0.1) is 0 Å². The van der Waals surface area contributed by atoms with E-state index in [-0.39, 0.29) is 17.4 Å². The van der Waals surface area contributed by atoms with E-state index >= 15 is 0 Å². The molecule has 6 nitrogen and oxygen atoms in total. The monoisotopic (exact) mass is 408 g/mol. The van der Waals surface area contributed by atoms with Gasteiger partial charge in [0.15, 0.2) is 0 Å². The highest BCUT2D eigenvalue weighted by atomic mass is 16.5. The predicted molar refractivity (Wildman–Crippen MR) is 116 cm³/mol. The Labute approximate surface area is 177 Å². The Morgan fingerprint density at radius 1 is 1.03 bits per heavy atom. The van der Waals surface area contributed by atoms with E-state index in [0.717, 1.165) is 11.1 Å². The third-order valence-electron chi connectivity index (χ3n) is 5.18. The summed E-state index contributed by atoms with van der Waals surface area (Å²) >= 11 is 0. The zero-order valence-electron chi connectivity index (χ0n) is 18.2. The zero-order valence-corrected chi connectivity index (χ0v) is 18.2. The van der Waals surface area contributed by atoms with E-state index in [2.05, 4.69) is 0 Å². The fourth-order valence-electron chi connectivity index (χ4n) is 3.65. The van der Waals surface area contributed by atoms with Gasteiger partial charge < -0.3 is 9.64 Å². The van der Waals surface area contributed by atoms with Gasteiger partial charge in [-0.3, -0.25) is 14.4 Å². The first-order valence-corrected chi connectivity index (χ1v) is 10.1. The fraction of sp³-hybridized carbons (Fsp3) is 0.375. The van der Waals surface area contributed by atoms with Crippen LogP contribution in [0.25, 0.3) is 0 Å². The van der Waals surface area contributed by atoms with Crippen molar-refractivity contribution in [2.75, 3.05) is 31.7 Å². The molecule has 0 saturated carbocycles. The van der Waals surface area contributed by atoms with Crippen molar-refractivity contribution in [1.29, 1.82) is 0 Å². The lowest BCUT2D eigenvalue weighted by Crippen LogP contribution is -2.36. The Morgan fingerprint density at radius 3 is 2.40 bits per heavy atom. The summed E-state index contributed by atoms with van der Waals surface area (Å²) in [5.74, 6) is -0.635. The molecule has 0 bridgehead atoms. The number of carbonyl (C=O) groups is 3. The Hall–Kier alpha value is -2.99. The molecule has 2 aromatic carbocycles. The molecule has 0 aromatic heterocycles. The van der Waals surface area contributed by atoms with Gasteiger partial charge in [-0.2, -0.15) is 0 Å². The summed E-state index contributed by atoms with van der Waals surface area (Å²) in [6, 6.07) is 10.4. The highest BCUT2D eigenvalue weighted by Crippen LogP contribution is 2.32. The number of fused-ring (bicyclic) bond motifs is 1. The van der Waals surface area contributed by atoms with Crippen molar-refractivity contribution in [3.05, 3.63) is 64.2 Å². The molecule has 0 radical (unpaired) electrons. The molecule has 1 aliphatic rings. The number of imide groups is 1. The van der Waals surface area contributed by atoms with Crippen LogP contribution in [-0.2, 0) is 4.74 Å². The number of rotatable bonds is 7. The molecule has 1 aliphatic heterocycles. The Bertz CT molecular complexity index is 997. The minimum Gasteiger partial charge on any atom is -0.383 e. The Kier molecular flexibility index (Phi) is 6.37. The van der Waals surface area contributed by atoms with Gasteiger partial charge in [0.05, 0.1) is 23.4 Å². The van der Waals surface area contributed by atoms with E-state index in [9.17, 15) is 14.4 Å². The maximum absolute atomic E-state index is 13.1.